The predicted molar refractivity (Wildman–Crippen MR) is 123 cm³/mol. The average Bonchev–Trinajstić information content (AvgIpc) is 2.95. The number of rotatable bonds is 9. The highest BCUT2D eigenvalue weighted by Gasteiger charge is 2.16. The van der Waals surface area contributed by atoms with Crippen LogP contribution in [0.4, 0.5) is 0 Å². The van der Waals surface area contributed by atoms with Crippen molar-refractivity contribution in [2.24, 2.45) is 0 Å². The lowest BCUT2D eigenvalue weighted by Gasteiger charge is -2.23. The van der Waals surface area contributed by atoms with Gasteiger partial charge in [-0.3, -0.25) is 4.79 Å². The fourth-order valence-corrected chi connectivity index (χ4v) is 4.11. The first-order valence-corrected chi connectivity index (χ1v) is 11.4. The first-order valence-electron chi connectivity index (χ1n) is 11.0. The molecule has 4 nitrogen and oxygen atoms in total. The van der Waals surface area contributed by atoms with Crippen LogP contribution in [-0.4, -0.2) is 43.1 Å². The zero-order valence-corrected chi connectivity index (χ0v) is 18.9. The number of halogens is 1. The summed E-state index contributed by atoms with van der Waals surface area (Å²) in [7, 11) is 0. The van der Waals surface area contributed by atoms with E-state index in [1.165, 1.54) is 11.1 Å². The van der Waals surface area contributed by atoms with Crippen LogP contribution >= 0.6 is 11.6 Å². The van der Waals surface area contributed by atoms with Gasteiger partial charge in [0.05, 0.1) is 13.0 Å². The number of amides is 1. The number of carbonyl (C=O) groups excluding carboxylic acids is 1. The maximum absolute atomic E-state index is 12.1. The molecular formula is C25H33ClN2O2. The zero-order chi connectivity index (χ0) is 21.3. The summed E-state index contributed by atoms with van der Waals surface area (Å²) in [6.45, 7) is 7.76. The van der Waals surface area contributed by atoms with Crippen LogP contribution in [0.5, 0.6) is 5.75 Å². The van der Waals surface area contributed by atoms with Crippen molar-refractivity contribution in [2.45, 2.75) is 52.0 Å². The number of benzene rings is 2. The van der Waals surface area contributed by atoms with Crippen LogP contribution in [0.2, 0.25) is 5.02 Å². The van der Waals surface area contributed by atoms with Gasteiger partial charge >= 0.3 is 0 Å². The molecule has 30 heavy (non-hydrogen) atoms. The van der Waals surface area contributed by atoms with E-state index in [1.54, 1.807) is 0 Å². The van der Waals surface area contributed by atoms with Crippen molar-refractivity contribution in [3.8, 4) is 5.75 Å². The van der Waals surface area contributed by atoms with Crippen molar-refractivity contribution in [3.05, 3.63) is 64.2 Å². The van der Waals surface area contributed by atoms with E-state index in [-0.39, 0.29) is 5.91 Å². The molecule has 0 spiro atoms. The van der Waals surface area contributed by atoms with Crippen LogP contribution in [0, 0.1) is 0 Å². The van der Waals surface area contributed by atoms with Gasteiger partial charge in [0.15, 0.2) is 0 Å². The largest absolute Gasteiger partial charge is 0.493 e. The molecule has 0 saturated heterocycles. The average molecular weight is 429 g/mol. The summed E-state index contributed by atoms with van der Waals surface area (Å²) in [5.41, 5.74) is 3.91. The predicted octanol–water partition coefficient (Wildman–Crippen LogP) is 4.67. The second kappa shape index (κ2) is 11.4. The maximum atomic E-state index is 12.1. The smallest absolute Gasteiger partial charge is 0.223 e. The topological polar surface area (TPSA) is 41.6 Å². The van der Waals surface area contributed by atoms with Gasteiger partial charge in [-0.05, 0) is 74.4 Å². The number of fused-ring (bicyclic) bond motifs is 1. The molecule has 1 heterocycles. The summed E-state index contributed by atoms with van der Waals surface area (Å²) in [6, 6.07) is 14.8. The summed E-state index contributed by atoms with van der Waals surface area (Å²) < 4.78 is 5.86. The molecule has 0 atom stereocenters. The number of hydrogen-bond acceptors (Lipinski definition) is 3. The summed E-state index contributed by atoms with van der Waals surface area (Å²) in [4.78, 5) is 14.6. The van der Waals surface area contributed by atoms with E-state index in [4.69, 9.17) is 16.3 Å². The molecule has 0 unspecified atom stereocenters. The normalized spacial score (nSPS) is 14.3. The second-order valence-corrected chi connectivity index (χ2v) is 8.61. The summed E-state index contributed by atoms with van der Waals surface area (Å²) in [5.74, 6) is 0.884. The number of aryl methyl sites for hydroxylation is 1. The van der Waals surface area contributed by atoms with Crippen LogP contribution in [0.1, 0.15) is 43.4 Å². The first kappa shape index (κ1) is 22.6. The zero-order valence-electron chi connectivity index (χ0n) is 18.1. The third-order valence-electron chi connectivity index (χ3n) is 5.75. The van der Waals surface area contributed by atoms with Gasteiger partial charge < -0.3 is 15.0 Å². The van der Waals surface area contributed by atoms with Crippen molar-refractivity contribution in [1.29, 1.82) is 0 Å². The number of carbonyl (C=O) groups is 1. The molecule has 0 saturated carbocycles. The van der Waals surface area contributed by atoms with Crippen LogP contribution in [0.25, 0.3) is 0 Å². The van der Waals surface area contributed by atoms with E-state index in [0.717, 1.165) is 55.1 Å². The van der Waals surface area contributed by atoms with Gasteiger partial charge in [0.25, 0.3) is 0 Å². The molecule has 2 aromatic carbocycles. The third-order valence-corrected chi connectivity index (χ3v) is 6.11. The third kappa shape index (κ3) is 6.75. The van der Waals surface area contributed by atoms with Crippen LogP contribution in [0.3, 0.4) is 0 Å². The van der Waals surface area contributed by atoms with E-state index in [0.29, 0.717) is 25.6 Å². The fraction of sp³-hybridized carbons (Fsp3) is 0.480. The van der Waals surface area contributed by atoms with Crippen molar-refractivity contribution in [2.75, 3.05) is 26.2 Å². The van der Waals surface area contributed by atoms with Gasteiger partial charge in [0.2, 0.25) is 5.91 Å². The highest BCUT2D eigenvalue weighted by molar-refractivity contribution is 6.31. The molecule has 162 valence electrons. The Labute approximate surface area is 185 Å². The Morgan fingerprint density at radius 3 is 2.67 bits per heavy atom. The molecule has 1 N–H and O–H groups in total. The number of hydrogen-bond donors (Lipinski definition) is 1. The Morgan fingerprint density at radius 2 is 1.90 bits per heavy atom. The maximum Gasteiger partial charge on any atom is 0.223 e. The van der Waals surface area contributed by atoms with Crippen LogP contribution < -0.4 is 10.1 Å². The minimum atomic E-state index is 0.0245. The van der Waals surface area contributed by atoms with Crippen molar-refractivity contribution >= 4 is 17.5 Å². The van der Waals surface area contributed by atoms with Crippen molar-refractivity contribution in [1.82, 2.24) is 10.2 Å². The monoisotopic (exact) mass is 428 g/mol. The second-order valence-electron chi connectivity index (χ2n) is 8.20. The van der Waals surface area contributed by atoms with Gasteiger partial charge in [-0.1, -0.05) is 35.9 Å². The van der Waals surface area contributed by atoms with E-state index in [2.05, 4.69) is 36.2 Å². The van der Waals surface area contributed by atoms with Crippen molar-refractivity contribution in [3.63, 3.8) is 0 Å². The Balaban J connectivity index is 1.36. The molecule has 1 aliphatic rings. The quantitative estimate of drug-likeness (QED) is 0.590. The standard InChI is InChI=1S/C25H33ClN2O2/c1-19(2)28-15-11-20-9-10-23(18-22(20)12-16-28)30-17-13-25(29)27-14-5-7-21-6-3-4-8-24(21)26/h3-4,6,8-10,18-19H,5,7,11-17H2,1-2H3,(H,27,29). The summed E-state index contributed by atoms with van der Waals surface area (Å²) in [6.07, 6.45) is 4.24. The summed E-state index contributed by atoms with van der Waals surface area (Å²) >= 11 is 6.16. The Bertz CT molecular complexity index is 838. The van der Waals surface area contributed by atoms with E-state index in [9.17, 15) is 4.79 Å². The van der Waals surface area contributed by atoms with E-state index >= 15 is 0 Å². The molecule has 0 radical (unpaired) electrons. The molecule has 1 aliphatic heterocycles. The molecule has 0 aromatic heterocycles. The SMILES string of the molecule is CC(C)N1CCc2ccc(OCCC(=O)NCCCc3ccccc3Cl)cc2CC1. The minimum absolute atomic E-state index is 0.0245. The highest BCUT2D eigenvalue weighted by Crippen LogP contribution is 2.23. The van der Waals surface area contributed by atoms with Gasteiger partial charge in [-0.25, -0.2) is 0 Å². The van der Waals surface area contributed by atoms with E-state index in [1.807, 2.05) is 30.3 Å². The lowest BCUT2D eigenvalue weighted by Crippen LogP contribution is -2.32. The van der Waals surface area contributed by atoms with Gasteiger partial charge in [-0.2, -0.15) is 0 Å². The molecule has 5 heteroatoms. The lowest BCUT2D eigenvalue weighted by atomic mass is 10.0. The molecule has 3 rings (SSSR count). The van der Waals surface area contributed by atoms with E-state index < -0.39 is 0 Å². The Morgan fingerprint density at radius 1 is 1.13 bits per heavy atom. The number of nitrogens with zero attached hydrogens (tertiary/aromatic N) is 1. The van der Waals surface area contributed by atoms with Gasteiger partial charge in [0, 0.05) is 30.7 Å². The van der Waals surface area contributed by atoms with Gasteiger partial charge in [0.1, 0.15) is 5.75 Å². The van der Waals surface area contributed by atoms with Crippen molar-refractivity contribution < 1.29 is 9.53 Å². The van der Waals surface area contributed by atoms with Gasteiger partial charge in [-0.15, -0.1) is 0 Å². The number of nitrogens with one attached hydrogen (secondary N) is 1. The van der Waals surface area contributed by atoms with Crippen LogP contribution in [-0.2, 0) is 24.1 Å². The molecule has 0 fully saturated rings. The van der Waals surface area contributed by atoms with Crippen LogP contribution in [0.15, 0.2) is 42.5 Å². The summed E-state index contributed by atoms with van der Waals surface area (Å²) in [5, 5.41) is 3.75. The molecule has 0 bridgehead atoms. The molecule has 0 aliphatic carbocycles. The molecular weight excluding hydrogens is 396 g/mol. The lowest BCUT2D eigenvalue weighted by molar-refractivity contribution is -0.121. The molecule has 2 aromatic rings. The fourth-order valence-electron chi connectivity index (χ4n) is 3.88. The number of ether oxygens (including phenoxy) is 1. The molecule has 1 amide bonds. The highest BCUT2D eigenvalue weighted by atomic mass is 35.5. The Hall–Kier alpha value is -2.04. The Kier molecular flexibility index (Phi) is 8.59. The minimum Gasteiger partial charge on any atom is -0.493 e. The first-order chi connectivity index (χ1) is 14.5.